The number of hydrogen-bond donors (Lipinski definition) is 1. The number of carbonyl (C=O) groups excluding carboxylic acids is 2. The number of carbonyl (C=O) groups is 2. The third-order valence-electron chi connectivity index (χ3n) is 6.03. The Morgan fingerprint density at radius 1 is 1.16 bits per heavy atom. The average Bonchev–Trinajstić information content (AvgIpc) is 3.41. The molecule has 0 bridgehead atoms. The van der Waals surface area contributed by atoms with Crippen LogP contribution in [-0.4, -0.2) is 43.0 Å². The SMILES string of the molecule is COc1ccc([C@H]2CC(=O)N(CC(=O)Nc3cccc(F)c3F)C2)cc1OC1CCCC1. The van der Waals surface area contributed by atoms with Gasteiger partial charge in [-0.3, -0.25) is 9.59 Å². The van der Waals surface area contributed by atoms with Gasteiger partial charge in [-0.05, 0) is 55.5 Å². The largest absolute Gasteiger partial charge is 0.493 e. The van der Waals surface area contributed by atoms with Crippen LogP contribution in [0.4, 0.5) is 14.5 Å². The molecule has 6 nitrogen and oxygen atoms in total. The van der Waals surface area contributed by atoms with Gasteiger partial charge in [0, 0.05) is 18.9 Å². The molecule has 2 aromatic rings. The molecule has 8 heteroatoms. The summed E-state index contributed by atoms with van der Waals surface area (Å²) in [6.45, 7) is 0.125. The summed E-state index contributed by atoms with van der Waals surface area (Å²) < 4.78 is 38.7. The summed E-state index contributed by atoms with van der Waals surface area (Å²) in [5, 5.41) is 2.33. The number of halogens is 2. The molecule has 1 aliphatic carbocycles. The molecule has 1 heterocycles. The van der Waals surface area contributed by atoms with E-state index in [2.05, 4.69) is 5.32 Å². The Morgan fingerprint density at radius 2 is 1.94 bits per heavy atom. The second kappa shape index (κ2) is 9.54. The number of ether oxygens (including phenoxy) is 2. The van der Waals surface area contributed by atoms with Crippen molar-refractivity contribution in [3.63, 3.8) is 0 Å². The lowest BCUT2D eigenvalue weighted by atomic mass is 9.98. The van der Waals surface area contributed by atoms with Crippen LogP contribution in [0, 0.1) is 11.6 Å². The number of rotatable bonds is 7. The molecule has 1 N–H and O–H groups in total. The molecule has 2 amide bonds. The van der Waals surface area contributed by atoms with Crippen LogP contribution in [0.5, 0.6) is 11.5 Å². The summed E-state index contributed by atoms with van der Waals surface area (Å²) in [5.74, 6) is -1.70. The first-order valence-electron chi connectivity index (χ1n) is 10.8. The summed E-state index contributed by atoms with van der Waals surface area (Å²) in [6, 6.07) is 9.21. The summed E-state index contributed by atoms with van der Waals surface area (Å²) in [6.07, 6.45) is 4.78. The molecule has 1 aliphatic heterocycles. The van der Waals surface area contributed by atoms with Crippen molar-refractivity contribution in [3.8, 4) is 11.5 Å². The highest BCUT2D eigenvalue weighted by molar-refractivity contribution is 5.95. The van der Waals surface area contributed by atoms with Crippen molar-refractivity contribution in [1.29, 1.82) is 0 Å². The fourth-order valence-corrected chi connectivity index (χ4v) is 4.34. The van der Waals surface area contributed by atoms with Gasteiger partial charge in [-0.1, -0.05) is 12.1 Å². The van der Waals surface area contributed by atoms with Crippen molar-refractivity contribution in [2.75, 3.05) is 25.5 Å². The zero-order chi connectivity index (χ0) is 22.7. The van der Waals surface area contributed by atoms with E-state index in [-0.39, 0.29) is 36.6 Å². The van der Waals surface area contributed by atoms with Crippen molar-refractivity contribution >= 4 is 17.5 Å². The molecule has 32 heavy (non-hydrogen) atoms. The Morgan fingerprint density at radius 3 is 2.69 bits per heavy atom. The van der Waals surface area contributed by atoms with E-state index in [0.29, 0.717) is 18.0 Å². The fraction of sp³-hybridized carbons (Fsp3) is 0.417. The molecule has 2 fully saturated rings. The number of nitrogens with zero attached hydrogens (tertiary/aromatic N) is 1. The second-order valence-electron chi connectivity index (χ2n) is 8.26. The van der Waals surface area contributed by atoms with E-state index in [0.717, 1.165) is 37.3 Å². The molecule has 0 radical (unpaired) electrons. The van der Waals surface area contributed by atoms with Crippen molar-refractivity contribution in [3.05, 3.63) is 53.6 Å². The molecule has 1 saturated heterocycles. The number of methoxy groups -OCH3 is 1. The zero-order valence-corrected chi connectivity index (χ0v) is 17.9. The molecule has 1 atom stereocenters. The summed E-state index contributed by atoms with van der Waals surface area (Å²) in [4.78, 5) is 26.3. The molecule has 0 aromatic heterocycles. The predicted octanol–water partition coefficient (Wildman–Crippen LogP) is 4.25. The first-order chi connectivity index (χ1) is 15.4. The topological polar surface area (TPSA) is 67.9 Å². The minimum absolute atomic E-state index is 0.0990. The van der Waals surface area contributed by atoms with Crippen LogP contribution in [0.3, 0.4) is 0 Å². The monoisotopic (exact) mass is 444 g/mol. The smallest absolute Gasteiger partial charge is 0.244 e. The van der Waals surface area contributed by atoms with Crippen LogP contribution in [0.25, 0.3) is 0 Å². The fourth-order valence-electron chi connectivity index (χ4n) is 4.34. The van der Waals surface area contributed by atoms with Gasteiger partial charge in [0.15, 0.2) is 23.1 Å². The van der Waals surface area contributed by atoms with Gasteiger partial charge in [-0.15, -0.1) is 0 Å². The third kappa shape index (κ3) is 4.84. The van der Waals surface area contributed by atoms with Gasteiger partial charge >= 0.3 is 0 Å². The molecule has 4 rings (SSSR count). The number of anilines is 1. The third-order valence-corrected chi connectivity index (χ3v) is 6.03. The Bertz CT molecular complexity index is 1010. The molecule has 170 valence electrons. The van der Waals surface area contributed by atoms with E-state index in [1.54, 1.807) is 7.11 Å². The first-order valence-corrected chi connectivity index (χ1v) is 10.8. The molecule has 0 unspecified atom stereocenters. The number of nitrogens with one attached hydrogen (secondary N) is 1. The number of benzene rings is 2. The van der Waals surface area contributed by atoms with Gasteiger partial charge in [0.25, 0.3) is 0 Å². The summed E-state index contributed by atoms with van der Waals surface area (Å²) >= 11 is 0. The lowest BCUT2D eigenvalue weighted by molar-refractivity contribution is -0.131. The van der Waals surface area contributed by atoms with Gasteiger partial charge < -0.3 is 19.7 Å². The van der Waals surface area contributed by atoms with Gasteiger partial charge in [-0.25, -0.2) is 8.78 Å². The maximum atomic E-state index is 13.8. The van der Waals surface area contributed by atoms with Crippen LogP contribution in [-0.2, 0) is 9.59 Å². The Balaban J connectivity index is 1.41. The number of likely N-dealkylation sites (tertiary alicyclic amines) is 1. The van der Waals surface area contributed by atoms with Gasteiger partial charge in [-0.2, -0.15) is 0 Å². The quantitative estimate of drug-likeness (QED) is 0.693. The highest BCUT2D eigenvalue weighted by Gasteiger charge is 2.32. The lowest BCUT2D eigenvalue weighted by Gasteiger charge is -2.19. The second-order valence-corrected chi connectivity index (χ2v) is 8.26. The molecule has 1 saturated carbocycles. The predicted molar refractivity (Wildman–Crippen MR) is 115 cm³/mol. The van der Waals surface area contributed by atoms with Crippen LogP contribution in [0.15, 0.2) is 36.4 Å². The molecule has 2 aromatic carbocycles. The molecular weight excluding hydrogens is 418 g/mol. The average molecular weight is 444 g/mol. The highest BCUT2D eigenvalue weighted by atomic mass is 19.2. The van der Waals surface area contributed by atoms with E-state index >= 15 is 0 Å². The first kappa shape index (κ1) is 22.0. The highest BCUT2D eigenvalue weighted by Crippen LogP contribution is 2.37. The zero-order valence-electron chi connectivity index (χ0n) is 17.9. The number of amides is 2. The Hall–Kier alpha value is -3.16. The maximum Gasteiger partial charge on any atom is 0.244 e. The van der Waals surface area contributed by atoms with E-state index < -0.39 is 17.5 Å². The minimum Gasteiger partial charge on any atom is -0.493 e. The van der Waals surface area contributed by atoms with Gasteiger partial charge in [0.05, 0.1) is 25.4 Å². The normalized spacial score (nSPS) is 18.8. The molecular formula is C24H26F2N2O4. The maximum absolute atomic E-state index is 13.8. The minimum atomic E-state index is -1.13. The van der Waals surface area contributed by atoms with Crippen LogP contribution in [0.2, 0.25) is 0 Å². The standard InChI is InChI=1S/C24H26F2N2O4/c1-31-20-10-9-15(11-21(20)32-17-5-2-3-6-17)16-12-23(30)28(13-16)14-22(29)27-19-8-4-7-18(25)24(19)26/h4,7-11,16-17H,2-3,5-6,12-14H2,1H3,(H,27,29)/t16-/m0/s1. The molecule has 2 aliphatic rings. The Labute approximate surface area is 185 Å². The van der Waals surface area contributed by atoms with Crippen molar-refractivity contribution < 1.29 is 27.8 Å². The van der Waals surface area contributed by atoms with Crippen LogP contribution in [0.1, 0.15) is 43.6 Å². The van der Waals surface area contributed by atoms with Gasteiger partial charge in [0.1, 0.15) is 0 Å². The van der Waals surface area contributed by atoms with E-state index in [4.69, 9.17) is 9.47 Å². The summed E-state index contributed by atoms with van der Waals surface area (Å²) in [5.41, 5.74) is 0.688. The lowest BCUT2D eigenvalue weighted by Crippen LogP contribution is -2.34. The molecule has 0 spiro atoms. The van der Waals surface area contributed by atoms with Crippen molar-refractivity contribution in [2.45, 2.75) is 44.1 Å². The van der Waals surface area contributed by atoms with E-state index in [9.17, 15) is 18.4 Å². The van der Waals surface area contributed by atoms with Crippen molar-refractivity contribution in [2.24, 2.45) is 0 Å². The van der Waals surface area contributed by atoms with Crippen LogP contribution < -0.4 is 14.8 Å². The van der Waals surface area contributed by atoms with E-state index in [1.807, 2.05) is 18.2 Å². The number of hydrogen-bond acceptors (Lipinski definition) is 4. The van der Waals surface area contributed by atoms with Crippen LogP contribution >= 0.6 is 0 Å². The summed E-state index contributed by atoms with van der Waals surface area (Å²) in [7, 11) is 1.59. The van der Waals surface area contributed by atoms with E-state index in [1.165, 1.54) is 17.0 Å². The van der Waals surface area contributed by atoms with Gasteiger partial charge in [0.2, 0.25) is 11.8 Å². The van der Waals surface area contributed by atoms with Crippen molar-refractivity contribution in [1.82, 2.24) is 4.90 Å². The Kier molecular flexibility index (Phi) is 6.58.